The maximum absolute atomic E-state index is 5.50. The van der Waals surface area contributed by atoms with Crippen LogP contribution in [0.2, 0.25) is 0 Å². The molecule has 0 atom stereocenters. The quantitative estimate of drug-likeness (QED) is 0.219. The third kappa shape index (κ3) is 6.31. The Bertz CT molecular complexity index is 909. The lowest BCUT2D eigenvalue weighted by atomic mass is 10.2. The van der Waals surface area contributed by atoms with Gasteiger partial charge in [-0.25, -0.2) is 0 Å². The number of halogens is 1. The fourth-order valence-corrected chi connectivity index (χ4v) is 3.10. The van der Waals surface area contributed by atoms with Crippen LogP contribution in [-0.4, -0.2) is 52.7 Å². The number of fused-ring (bicyclic) bond motifs is 1. The van der Waals surface area contributed by atoms with Crippen molar-refractivity contribution in [1.82, 2.24) is 24.8 Å². The Morgan fingerprint density at radius 1 is 1.17 bits per heavy atom. The molecule has 0 aliphatic rings. The van der Waals surface area contributed by atoms with Crippen molar-refractivity contribution < 1.29 is 4.74 Å². The minimum atomic E-state index is 0. The van der Waals surface area contributed by atoms with Gasteiger partial charge in [0.1, 0.15) is 11.6 Å². The van der Waals surface area contributed by atoms with Crippen LogP contribution in [0.4, 0.5) is 0 Å². The normalized spacial score (nSPS) is 11.2. The second-order valence-electron chi connectivity index (χ2n) is 6.56. The Morgan fingerprint density at radius 3 is 2.69 bits per heavy atom. The molecule has 0 unspecified atom stereocenters. The monoisotopic (exact) mass is 508 g/mol. The molecule has 0 amide bonds. The first kappa shape index (κ1) is 22.9. The zero-order valence-electron chi connectivity index (χ0n) is 17.2. The molecule has 0 bridgehead atoms. The Balaban J connectivity index is 0.00000300. The van der Waals surface area contributed by atoms with Gasteiger partial charge in [0.15, 0.2) is 11.6 Å². The van der Waals surface area contributed by atoms with Crippen molar-refractivity contribution in [2.45, 2.75) is 26.3 Å². The van der Waals surface area contributed by atoms with Crippen LogP contribution in [0.25, 0.3) is 5.65 Å². The number of aliphatic imine (C=N–C) groups is 1. The summed E-state index contributed by atoms with van der Waals surface area (Å²) >= 11 is 0. The van der Waals surface area contributed by atoms with E-state index < -0.39 is 0 Å². The Kier molecular flexibility index (Phi) is 9.17. The van der Waals surface area contributed by atoms with Gasteiger partial charge in [-0.2, -0.15) is 0 Å². The Morgan fingerprint density at radius 2 is 1.97 bits per heavy atom. The third-order valence-electron chi connectivity index (χ3n) is 4.47. The maximum atomic E-state index is 5.50. The van der Waals surface area contributed by atoms with Crippen molar-refractivity contribution >= 4 is 35.6 Å². The zero-order chi connectivity index (χ0) is 19.8. The molecule has 1 aromatic carbocycles. The van der Waals surface area contributed by atoms with E-state index in [1.807, 2.05) is 61.9 Å². The van der Waals surface area contributed by atoms with Gasteiger partial charge in [-0.15, -0.1) is 34.2 Å². The first-order chi connectivity index (χ1) is 13.7. The number of rotatable bonds is 8. The summed E-state index contributed by atoms with van der Waals surface area (Å²) in [6, 6.07) is 14.1. The summed E-state index contributed by atoms with van der Waals surface area (Å²) in [4.78, 5) is 6.50. The van der Waals surface area contributed by atoms with Gasteiger partial charge in [0.2, 0.25) is 0 Å². The largest absolute Gasteiger partial charge is 0.494 e. The summed E-state index contributed by atoms with van der Waals surface area (Å²) in [7, 11) is 3.85. The van der Waals surface area contributed by atoms with Gasteiger partial charge >= 0.3 is 0 Å². The number of aryl methyl sites for hydroxylation is 1. The summed E-state index contributed by atoms with van der Waals surface area (Å²) < 4.78 is 7.53. The Labute approximate surface area is 189 Å². The lowest BCUT2D eigenvalue weighted by Crippen LogP contribution is -2.39. The molecule has 0 aliphatic heterocycles. The predicted molar refractivity (Wildman–Crippen MR) is 127 cm³/mol. The second kappa shape index (κ2) is 11.6. The minimum Gasteiger partial charge on any atom is -0.494 e. The highest BCUT2D eigenvalue weighted by atomic mass is 127. The van der Waals surface area contributed by atoms with Gasteiger partial charge in [0.25, 0.3) is 0 Å². The molecule has 2 heterocycles. The highest BCUT2D eigenvalue weighted by Gasteiger charge is 2.08. The fraction of sp³-hybridized carbons (Fsp3) is 0.381. The topological polar surface area (TPSA) is 67.0 Å². The van der Waals surface area contributed by atoms with E-state index in [2.05, 4.69) is 37.5 Å². The van der Waals surface area contributed by atoms with Crippen molar-refractivity contribution in [3.8, 4) is 5.75 Å². The lowest BCUT2D eigenvalue weighted by molar-refractivity contribution is 0.340. The van der Waals surface area contributed by atoms with Gasteiger partial charge in [-0.05, 0) is 43.2 Å². The second-order valence-corrected chi connectivity index (χ2v) is 6.56. The molecule has 3 aromatic rings. The molecule has 0 radical (unpaired) electrons. The summed E-state index contributed by atoms with van der Waals surface area (Å²) in [6.07, 6.45) is 3.81. The first-order valence-electron chi connectivity index (χ1n) is 9.63. The third-order valence-corrected chi connectivity index (χ3v) is 4.47. The molecule has 0 aliphatic carbocycles. The standard InChI is InChI=1S/C21H28N6O.HI/c1-4-28-18-12-10-17(11-13-18)16-26(3)21(22-2)23-14-7-9-20-25-24-19-8-5-6-15-27(19)20;/h5-6,8,10-13,15H,4,7,9,14,16H2,1-3H3,(H,22,23);1H. The lowest BCUT2D eigenvalue weighted by Gasteiger charge is -2.22. The van der Waals surface area contributed by atoms with E-state index in [0.717, 1.165) is 49.1 Å². The number of ether oxygens (including phenoxy) is 1. The fourth-order valence-electron chi connectivity index (χ4n) is 3.10. The van der Waals surface area contributed by atoms with E-state index in [1.165, 1.54) is 5.56 Å². The van der Waals surface area contributed by atoms with E-state index in [1.54, 1.807) is 0 Å². The van der Waals surface area contributed by atoms with E-state index >= 15 is 0 Å². The molecular formula is C21H29IN6O. The van der Waals surface area contributed by atoms with Crippen molar-refractivity contribution in [2.24, 2.45) is 4.99 Å². The van der Waals surface area contributed by atoms with Crippen LogP contribution >= 0.6 is 24.0 Å². The SMILES string of the molecule is CCOc1ccc(CN(C)C(=NC)NCCCc2nnc3ccccn23)cc1.I. The molecule has 3 rings (SSSR count). The molecule has 0 saturated heterocycles. The van der Waals surface area contributed by atoms with Crippen LogP contribution in [0.5, 0.6) is 5.75 Å². The van der Waals surface area contributed by atoms with Gasteiger partial charge in [-0.3, -0.25) is 9.39 Å². The number of nitrogens with zero attached hydrogens (tertiary/aromatic N) is 5. The number of hydrogen-bond donors (Lipinski definition) is 1. The summed E-state index contributed by atoms with van der Waals surface area (Å²) in [5.41, 5.74) is 2.10. The average molecular weight is 508 g/mol. The molecule has 0 spiro atoms. The number of hydrogen-bond acceptors (Lipinski definition) is 4. The van der Waals surface area contributed by atoms with Crippen molar-refractivity contribution in [1.29, 1.82) is 0 Å². The molecule has 0 fully saturated rings. The summed E-state index contributed by atoms with van der Waals surface area (Å²) in [5, 5.41) is 11.9. The van der Waals surface area contributed by atoms with Gasteiger partial charge < -0.3 is 15.0 Å². The highest BCUT2D eigenvalue weighted by Crippen LogP contribution is 2.13. The van der Waals surface area contributed by atoms with Crippen molar-refractivity contribution in [2.75, 3.05) is 27.2 Å². The molecule has 156 valence electrons. The molecule has 1 N–H and O–H groups in total. The minimum absolute atomic E-state index is 0. The molecule has 0 saturated carbocycles. The number of guanidine groups is 1. The zero-order valence-corrected chi connectivity index (χ0v) is 19.5. The maximum Gasteiger partial charge on any atom is 0.193 e. The summed E-state index contributed by atoms with van der Waals surface area (Å²) in [6.45, 7) is 4.27. The van der Waals surface area contributed by atoms with Crippen LogP contribution < -0.4 is 10.1 Å². The van der Waals surface area contributed by atoms with Crippen LogP contribution in [-0.2, 0) is 13.0 Å². The number of pyridine rings is 1. The van der Waals surface area contributed by atoms with Gasteiger partial charge in [-0.1, -0.05) is 18.2 Å². The van der Waals surface area contributed by atoms with Crippen LogP contribution in [0, 0.1) is 0 Å². The molecular weight excluding hydrogens is 479 g/mol. The Hall–Kier alpha value is -2.36. The average Bonchev–Trinajstić information content (AvgIpc) is 3.13. The predicted octanol–water partition coefficient (Wildman–Crippen LogP) is 3.39. The van der Waals surface area contributed by atoms with Crippen LogP contribution in [0.3, 0.4) is 0 Å². The molecule has 8 heteroatoms. The number of benzene rings is 1. The van der Waals surface area contributed by atoms with Crippen molar-refractivity contribution in [3.05, 3.63) is 60.0 Å². The number of nitrogens with one attached hydrogen (secondary N) is 1. The van der Waals surface area contributed by atoms with E-state index in [0.29, 0.717) is 6.61 Å². The van der Waals surface area contributed by atoms with Gasteiger partial charge in [0.05, 0.1) is 6.61 Å². The van der Waals surface area contributed by atoms with Gasteiger partial charge in [0, 0.05) is 39.8 Å². The first-order valence-corrected chi connectivity index (χ1v) is 9.63. The molecule has 7 nitrogen and oxygen atoms in total. The van der Waals surface area contributed by atoms with Crippen LogP contribution in [0.15, 0.2) is 53.7 Å². The van der Waals surface area contributed by atoms with E-state index in [4.69, 9.17) is 4.74 Å². The van der Waals surface area contributed by atoms with Crippen LogP contribution in [0.1, 0.15) is 24.7 Å². The van der Waals surface area contributed by atoms with E-state index in [-0.39, 0.29) is 24.0 Å². The van der Waals surface area contributed by atoms with E-state index in [9.17, 15) is 0 Å². The summed E-state index contributed by atoms with van der Waals surface area (Å²) in [5.74, 6) is 2.76. The molecule has 2 aromatic heterocycles. The highest BCUT2D eigenvalue weighted by molar-refractivity contribution is 14.0. The number of aromatic nitrogens is 3. The van der Waals surface area contributed by atoms with Crippen molar-refractivity contribution in [3.63, 3.8) is 0 Å². The molecule has 29 heavy (non-hydrogen) atoms. The smallest absolute Gasteiger partial charge is 0.193 e.